The van der Waals surface area contributed by atoms with E-state index in [0.717, 1.165) is 28.8 Å². The van der Waals surface area contributed by atoms with Crippen LogP contribution in [0.5, 0.6) is 0 Å². The largest absolute Gasteiger partial charge is 0.325 e. The Morgan fingerprint density at radius 3 is 2.61 bits per heavy atom. The fourth-order valence-electron chi connectivity index (χ4n) is 2.21. The van der Waals surface area contributed by atoms with Crippen molar-refractivity contribution in [1.82, 2.24) is 5.32 Å². The van der Waals surface area contributed by atoms with E-state index >= 15 is 0 Å². The van der Waals surface area contributed by atoms with Crippen molar-refractivity contribution in [2.45, 2.75) is 20.3 Å². The van der Waals surface area contributed by atoms with Crippen LogP contribution in [0.15, 0.2) is 36.4 Å². The van der Waals surface area contributed by atoms with Gasteiger partial charge in [0.2, 0.25) is 5.91 Å². The number of carbonyl (C=O) groups is 1. The summed E-state index contributed by atoms with van der Waals surface area (Å²) in [5.41, 5.74) is 4.05. The Balaban J connectivity index is 1.77. The van der Waals surface area contributed by atoms with Gasteiger partial charge in [0.1, 0.15) is 0 Å². The number of amides is 1. The van der Waals surface area contributed by atoms with Crippen molar-refractivity contribution in [3.8, 4) is 0 Å². The molecule has 2 aromatic rings. The highest BCUT2D eigenvalue weighted by Crippen LogP contribution is 2.21. The number of rotatable bonds is 6. The minimum Gasteiger partial charge on any atom is -0.325 e. The van der Waals surface area contributed by atoms with E-state index in [9.17, 15) is 4.79 Å². The quantitative estimate of drug-likeness (QED) is 0.759. The zero-order valence-corrected chi connectivity index (χ0v) is 14.8. The molecule has 0 aliphatic carbocycles. The molecule has 2 rings (SSSR count). The van der Waals surface area contributed by atoms with Crippen LogP contribution in [-0.4, -0.2) is 19.0 Å². The lowest BCUT2D eigenvalue weighted by molar-refractivity contribution is -0.115. The zero-order chi connectivity index (χ0) is 16.8. The molecule has 0 aliphatic heterocycles. The van der Waals surface area contributed by atoms with Crippen LogP contribution in [0.25, 0.3) is 0 Å². The summed E-state index contributed by atoms with van der Waals surface area (Å²) in [6, 6.07) is 11.4. The molecule has 23 heavy (non-hydrogen) atoms. The number of aryl methyl sites for hydroxylation is 2. The van der Waals surface area contributed by atoms with Crippen LogP contribution in [0.4, 0.5) is 5.69 Å². The van der Waals surface area contributed by atoms with Gasteiger partial charge in [0.25, 0.3) is 0 Å². The van der Waals surface area contributed by atoms with E-state index in [1.807, 2.05) is 44.2 Å². The Morgan fingerprint density at radius 2 is 1.87 bits per heavy atom. The van der Waals surface area contributed by atoms with Crippen molar-refractivity contribution in [3.05, 3.63) is 63.1 Å². The van der Waals surface area contributed by atoms with Gasteiger partial charge in [-0.25, -0.2) is 0 Å². The van der Waals surface area contributed by atoms with Gasteiger partial charge in [0, 0.05) is 15.7 Å². The summed E-state index contributed by atoms with van der Waals surface area (Å²) in [7, 11) is 0. The Labute approximate surface area is 147 Å². The Kier molecular flexibility index (Phi) is 6.46. The predicted octanol–water partition coefficient (Wildman–Crippen LogP) is 4.38. The lowest BCUT2D eigenvalue weighted by Crippen LogP contribution is -2.29. The Morgan fingerprint density at radius 1 is 1.09 bits per heavy atom. The molecule has 0 spiro atoms. The second-order valence-corrected chi connectivity index (χ2v) is 6.37. The lowest BCUT2D eigenvalue weighted by Gasteiger charge is -2.10. The van der Waals surface area contributed by atoms with Crippen LogP contribution in [0.2, 0.25) is 10.0 Å². The first kappa shape index (κ1) is 17.8. The molecule has 5 heteroatoms. The van der Waals surface area contributed by atoms with Crippen molar-refractivity contribution in [2.24, 2.45) is 0 Å². The summed E-state index contributed by atoms with van der Waals surface area (Å²) >= 11 is 12.0. The van der Waals surface area contributed by atoms with E-state index in [4.69, 9.17) is 23.2 Å². The van der Waals surface area contributed by atoms with E-state index < -0.39 is 0 Å². The molecule has 0 unspecified atom stereocenters. The SMILES string of the molecule is Cc1ccc(C)c(NC(=O)CNCCc2ccc(Cl)cc2Cl)c1. The molecule has 0 aliphatic rings. The van der Waals surface area contributed by atoms with Gasteiger partial charge in [-0.3, -0.25) is 4.79 Å². The van der Waals surface area contributed by atoms with Crippen LogP contribution >= 0.6 is 23.2 Å². The molecule has 2 aromatic carbocycles. The average molecular weight is 351 g/mol. The van der Waals surface area contributed by atoms with Gasteiger partial charge >= 0.3 is 0 Å². The van der Waals surface area contributed by atoms with Crippen molar-refractivity contribution in [1.29, 1.82) is 0 Å². The molecule has 1 amide bonds. The van der Waals surface area contributed by atoms with Crippen LogP contribution in [-0.2, 0) is 11.2 Å². The third kappa shape index (κ3) is 5.54. The summed E-state index contributed by atoms with van der Waals surface area (Å²) in [5.74, 6) is -0.0547. The van der Waals surface area contributed by atoms with Gasteiger partial charge in [0.05, 0.1) is 6.54 Å². The number of carbonyl (C=O) groups excluding carboxylic acids is 1. The fraction of sp³-hybridized carbons (Fsp3) is 0.278. The van der Waals surface area contributed by atoms with E-state index in [-0.39, 0.29) is 12.5 Å². The summed E-state index contributed by atoms with van der Waals surface area (Å²) in [6.45, 7) is 4.91. The highest BCUT2D eigenvalue weighted by molar-refractivity contribution is 6.35. The maximum Gasteiger partial charge on any atom is 0.238 e. The highest BCUT2D eigenvalue weighted by Gasteiger charge is 2.05. The van der Waals surface area contributed by atoms with Crippen molar-refractivity contribution < 1.29 is 4.79 Å². The van der Waals surface area contributed by atoms with Crippen molar-refractivity contribution in [2.75, 3.05) is 18.4 Å². The molecule has 0 radical (unpaired) electrons. The van der Waals surface area contributed by atoms with Gasteiger partial charge in [-0.1, -0.05) is 41.4 Å². The predicted molar refractivity (Wildman–Crippen MR) is 97.6 cm³/mol. The maximum absolute atomic E-state index is 12.0. The minimum absolute atomic E-state index is 0.0547. The Hall–Kier alpha value is -1.55. The first-order chi connectivity index (χ1) is 11.0. The van der Waals surface area contributed by atoms with E-state index in [2.05, 4.69) is 10.6 Å². The standard InChI is InChI=1S/C18H20Cl2N2O/c1-12-3-4-13(2)17(9-12)22-18(23)11-21-8-7-14-5-6-15(19)10-16(14)20/h3-6,9-10,21H,7-8,11H2,1-2H3,(H,22,23). The molecule has 0 fully saturated rings. The number of benzene rings is 2. The molecular formula is C18H20Cl2N2O. The molecule has 0 atom stereocenters. The summed E-state index contributed by atoms with van der Waals surface area (Å²) in [4.78, 5) is 12.0. The number of hydrogen-bond donors (Lipinski definition) is 2. The number of nitrogens with one attached hydrogen (secondary N) is 2. The van der Waals surface area contributed by atoms with Gasteiger partial charge in [-0.05, 0) is 61.7 Å². The summed E-state index contributed by atoms with van der Waals surface area (Å²) < 4.78 is 0. The molecule has 0 heterocycles. The molecule has 122 valence electrons. The van der Waals surface area contributed by atoms with Crippen LogP contribution < -0.4 is 10.6 Å². The smallest absolute Gasteiger partial charge is 0.238 e. The van der Waals surface area contributed by atoms with Gasteiger partial charge in [-0.15, -0.1) is 0 Å². The fourth-order valence-corrected chi connectivity index (χ4v) is 2.72. The van der Waals surface area contributed by atoms with Crippen molar-refractivity contribution >= 4 is 34.8 Å². The van der Waals surface area contributed by atoms with Crippen LogP contribution in [0.3, 0.4) is 0 Å². The molecular weight excluding hydrogens is 331 g/mol. The number of halogens is 2. The summed E-state index contributed by atoms with van der Waals surface area (Å²) in [5, 5.41) is 7.33. The Bertz CT molecular complexity index is 701. The van der Waals surface area contributed by atoms with Gasteiger partial charge < -0.3 is 10.6 Å². The van der Waals surface area contributed by atoms with Crippen LogP contribution in [0, 0.1) is 13.8 Å². The van der Waals surface area contributed by atoms with E-state index in [1.54, 1.807) is 6.07 Å². The lowest BCUT2D eigenvalue weighted by atomic mass is 10.1. The zero-order valence-electron chi connectivity index (χ0n) is 13.2. The normalized spacial score (nSPS) is 10.6. The minimum atomic E-state index is -0.0547. The second-order valence-electron chi connectivity index (χ2n) is 5.53. The van der Waals surface area contributed by atoms with E-state index in [1.165, 1.54) is 0 Å². The monoisotopic (exact) mass is 350 g/mol. The number of anilines is 1. The van der Waals surface area contributed by atoms with Gasteiger partial charge in [0.15, 0.2) is 0 Å². The highest BCUT2D eigenvalue weighted by atomic mass is 35.5. The molecule has 0 saturated heterocycles. The molecule has 2 N–H and O–H groups in total. The molecule has 0 saturated carbocycles. The van der Waals surface area contributed by atoms with Crippen molar-refractivity contribution in [3.63, 3.8) is 0 Å². The average Bonchev–Trinajstić information content (AvgIpc) is 2.49. The second kappa shape index (κ2) is 8.34. The van der Waals surface area contributed by atoms with Gasteiger partial charge in [-0.2, -0.15) is 0 Å². The van der Waals surface area contributed by atoms with E-state index in [0.29, 0.717) is 16.6 Å². The molecule has 0 aromatic heterocycles. The third-order valence-corrected chi connectivity index (χ3v) is 4.13. The third-order valence-electron chi connectivity index (χ3n) is 3.54. The first-order valence-electron chi connectivity index (χ1n) is 7.47. The first-order valence-corrected chi connectivity index (χ1v) is 8.23. The topological polar surface area (TPSA) is 41.1 Å². The van der Waals surface area contributed by atoms with Crippen LogP contribution in [0.1, 0.15) is 16.7 Å². The molecule has 3 nitrogen and oxygen atoms in total. The maximum atomic E-state index is 12.0. The molecule has 0 bridgehead atoms. The summed E-state index contributed by atoms with van der Waals surface area (Å²) in [6.07, 6.45) is 0.743. The number of hydrogen-bond acceptors (Lipinski definition) is 2.